The van der Waals surface area contributed by atoms with Crippen molar-refractivity contribution in [2.75, 3.05) is 13.1 Å². The molecule has 2 nitrogen and oxygen atoms in total. The van der Waals surface area contributed by atoms with Gasteiger partial charge in [0.15, 0.2) is 0 Å². The van der Waals surface area contributed by atoms with E-state index in [1.807, 2.05) is 0 Å². The third kappa shape index (κ3) is 2.88. The summed E-state index contributed by atoms with van der Waals surface area (Å²) < 4.78 is 29.8. The average molecular weight is 219 g/mol. The van der Waals surface area contributed by atoms with Crippen LogP contribution in [-0.2, 0) is 4.74 Å². The molecule has 1 saturated heterocycles. The minimum Gasteiger partial charge on any atom is -0.370 e. The molecule has 1 atom stereocenters. The summed E-state index contributed by atoms with van der Waals surface area (Å²) in [6.07, 6.45) is 4.89. The van der Waals surface area contributed by atoms with Crippen molar-refractivity contribution in [3.8, 4) is 0 Å². The SMILES string of the molecule is FC(F)CNCC1CCC2(CCCC2)O1. The fourth-order valence-corrected chi connectivity index (χ4v) is 2.78. The van der Waals surface area contributed by atoms with Gasteiger partial charge in [-0.1, -0.05) is 12.8 Å². The molecule has 0 radical (unpaired) electrons. The highest BCUT2D eigenvalue weighted by molar-refractivity contribution is 4.93. The number of rotatable bonds is 4. The van der Waals surface area contributed by atoms with Gasteiger partial charge in [-0.3, -0.25) is 0 Å². The van der Waals surface area contributed by atoms with Crippen molar-refractivity contribution in [1.29, 1.82) is 0 Å². The van der Waals surface area contributed by atoms with Crippen LogP contribution in [0.3, 0.4) is 0 Å². The molecule has 1 aliphatic heterocycles. The summed E-state index contributed by atoms with van der Waals surface area (Å²) in [5.41, 5.74) is 0.122. The van der Waals surface area contributed by atoms with E-state index in [2.05, 4.69) is 5.32 Å². The zero-order chi connectivity index (χ0) is 10.7. The van der Waals surface area contributed by atoms with Crippen molar-refractivity contribution in [3.63, 3.8) is 0 Å². The molecule has 0 aromatic carbocycles. The lowest BCUT2D eigenvalue weighted by molar-refractivity contribution is -0.0359. The molecule has 4 heteroatoms. The van der Waals surface area contributed by atoms with Gasteiger partial charge in [-0.05, 0) is 25.7 Å². The van der Waals surface area contributed by atoms with Gasteiger partial charge in [0.25, 0.3) is 6.43 Å². The van der Waals surface area contributed by atoms with Crippen LogP contribution in [0, 0.1) is 0 Å². The van der Waals surface area contributed by atoms with E-state index in [0.29, 0.717) is 6.54 Å². The van der Waals surface area contributed by atoms with Crippen molar-refractivity contribution in [2.24, 2.45) is 0 Å². The summed E-state index contributed by atoms with van der Waals surface area (Å²) >= 11 is 0. The first-order valence-corrected chi connectivity index (χ1v) is 5.87. The van der Waals surface area contributed by atoms with Crippen LogP contribution in [0.5, 0.6) is 0 Å². The molecule has 2 aliphatic rings. The Bertz CT molecular complexity index is 205. The predicted molar refractivity (Wildman–Crippen MR) is 54.2 cm³/mol. The first-order valence-electron chi connectivity index (χ1n) is 5.87. The maximum Gasteiger partial charge on any atom is 0.250 e. The minimum absolute atomic E-state index is 0.122. The Labute approximate surface area is 89.4 Å². The molecule has 1 heterocycles. The second-order valence-corrected chi connectivity index (χ2v) is 4.72. The summed E-state index contributed by atoms with van der Waals surface area (Å²) in [7, 11) is 0. The van der Waals surface area contributed by atoms with Crippen molar-refractivity contribution < 1.29 is 13.5 Å². The third-order valence-corrected chi connectivity index (χ3v) is 3.52. The average Bonchev–Trinajstić information content (AvgIpc) is 2.78. The highest BCUT2D eigenvalue weighted by Crippen LogP contribution is 2.43. The van der Waals surface area contributed by atoms with Gasteiger partial charge in [0.05, 0.1) is 18.2 Å². The molecular weight excluding hydrogens is 200 g/mol. The molecule has 0 bridgehead atoms. The molecule has 0 aromatic heterocycles. The number of hydrogen-bond acceptors (Lipinski definition) is 2. The second kappa shape index (κ2) is 4.74. The van der Waals surface area contributed by atoms with Crippen LogP contribution >= 0.6 is 0 Å². The Morgan fingerprint density at radius 1 is 1.27 bits per heavy atom. The maximum absolute atomic E-state index is 11.9. The second-order valence-electron chi connectivity index (χ2n) is 4.72. The summed E-state index contributed by atoms with van der Waals surface area (Å²) in [5.74, 6) is 0. The van der Waals surface area contributed by atoms with Crippen LogP contribution in [0.25, 0.3) is 0 Å². The monoisotopic (exact) mass is 219 g/mol. The molecule has 2 fully saturated rings. The van der Waals surface area contributed by atoms with E-state index in [9.17, 15) is 8.78 Å². The van der Waals surface area contributed by atoms with Crippen molar-refractivity contribution in [1.82, 2.24) is 5.32 Å². The third-order valence-electron chi connectivity index (χ3n) is 3.52. The van der Waals surface area contributed by atoms with Gasteiger partial charge in [0.2, 0.25) is 0 Å². The number of hydrogen-bond donors (Lipinski definition) is 1. The smallest absolute Gasteiger partial charge is 0.250 e. The predicted octanol–water partition coefficient (Wildman–Crippen LogP) is 2.33. The molecule has 88 valence electrons. The zero-order valence-corrected chi connectivity index (χ0v) is 8.98. The van der Waals surface area contributed by atoms with E-state index < -0.39 is 6.43 Å². The number of alkyl halides is 2. The zero-order valence-electron chi connectivity index (χ0n) is 8.98. The van der Waals surface area contributed by atoms with Crippen LogP contribution in [0.15, 0.2) is 0 Å². The number of halogens is 2. The van der Waals surface area contributed by atoms with Gasteiger partial charge in [0, 0.05) is 6.54 Å². The summed E-state index contributed by atoms with van der Waals surface area (Å²) in [5, 5.41) is 2.76. The lowest BCUT2D eigenvalue weighted by Crippen LogP contribution is -2.33. The highest BCUT2D eigenvalue weighted by Gasteiger charge is 2.41. The lowest BCUT2D eigenvalue weighted by Gasteiger charge is -2.23. The van der Waals surface area contributed by atoms with Crippen LogP contribution < -0.4 is 5.32 Å². The Kier molecular flexibility index (Phi) is 3.57. The Hall–Kier alpha value is -0.220. The molecule has 1 saturated carbocycles. The largest absolute Gasteiger partial charge is 0.370 e. The Morgan fingerprint density at radius 3 is 2.67 bits per heavy atom. The van der Waals surface area contributed by atoms with E-state index in [0.717, 1.165) is 12.8 Å². The summed E-state index contributed by atoms with van der Waals surface area (Å²) in [6, 6.07) is 0. The van der Waals surface area contributed by atoms with Gasteiger partial charge in [0.1, 0.15) is 0 Å². The molecule has 0 aromatic rings. The molecule has 2 rings (SSSR count). The first-order chi connectivity index (χ1) is 7.20. The van der Waals surface area contributed by atoms with E-state index in [4.69, 9.17) is 4.74 Å². The van der Waals surface area contributed by atoms with Gasteiger partial charge in [-0.15, -0.1) is 0 Å². The first kappa shape index (κ1) is 11.3. The van der Waals surface area contributed by atoms with E-state index in [-0.39, 0.29) is 18.2 Å². The minimum atomic E-state index is -2.26. The highest BCUT2D eigenvalue weighted by atomic mass is 19.3. The van der Waals surface area contributed by atoms with Crippen molar-refractivity contribution >= 4 is 0 Å². The van der Waals surface area contributed by atoms with E-state index >= 15 is 0 Å². The molecule has 1 N–H and O–H groups in total. The number of nitrogens with one attached hydrogen (secondary N) is 1. The molecule has 1 aliphatic carbocycles. The molecule has 1 spiro atoms. The number of ether oxygens (including phenoxy) is 1. The standard InChI is InChI=1S/C11H19F2NO/c12-10(13)8-14-7-9-3-6-11(15-9)4-1-2-5-11/h9-10,14H,1-8H2. The molecular formula is C11H19F2NO. The van der Waals surface area contributed by atoms with Gasteiger partial charge in [-0.25, -0.2) is 8.78 Å². The van der Waals surface area contributed by atoms with Crippen LogP contribution in [0.4, 0.5) is 8.78 Å². The summed E-state index contributed by atoms with van der Waals surface area (Å²) in [4.78, 5) is 0. The fourth-order valence-electron chi connectivity index (χ4n) is 2.78. The van der Waals surface area contributed by atoms with Crippen LogP contribution in [-0.4, -0.2) is 31.2 Å². The lowest BCUT2D eigenvalue weighted by atomic mass is 9.98. The summed E-state index contributed by atoms with van der Waals surface area (Å²) in [6.45, 7) is 0.360. The Balaban J connectivity index is 1.68. The quantitative estimate of drug-likeness (QED) is 0.783. The van der Waals surface area contributed by atoms with Crippen LogP contribution in [0.1, 0.15) is 38.5 Å². The molecule has 15 heavy (non-hydrogen) atoms. The van der Waals surface area contributed by atoms with Gasteiger partial charge in [-0.2, -0.15) is 0 Å². The van der Waals surface area contributed by atoms with Crippen molar-refractivity contribution in [2.45, 2.75) is 56.7 Å². The Morgan fingerprint density at radius 2 is 2.00 bits per heavy atom. The maximum atomic E-state index is 11.9. The van der Waals surface area contributed by atoms with Crippen molar-refractivity contribution in [3.05, 3.63) is 0 Å². The fraction of sp³-hybridized carbons (Fsp3) is 1.00. The van der Waals surface area contributed by atoms with E-state index in [1.165, 1.54) is 25.7 Å². The van der Waals surface area contributed by atoms with Gasteiger partial charge < -0.3 is 10.1 Å². The molecule has 1 unspecified atom stereocenters. The van der Waals surface area contributed by atoms with Gasteiger partial charge >= 0.3 is 0 Å². The topological polar surface area (TPSA) is 21.3 Å². The molecule has 0 amide bonds. The van der Waals surface area contributed by atoms with Crippen LogP contribution in [0.2, 0.25) is 0 Å². The van der Waals surface area contributed by atoms with E-state index in [1.54, 1.807) is 0 Å². The normalized spacial score (nSPS) is 29.4.